The van der Waals surface area contributed by atoms with Gasteiger partial charge in [-0.15, -0.1) is 0 Å². The van der Waals surface area contributed by atoms with Gasteiger partial charge in [0.15, 0.2) is 10.6 Å². The number of nitro benzene ring substituents is 1. The number of thiazole rings is 1. The first-order valence-corrected chi connectivity index (χ1v) is 9.93. The maximum atomic E-state index is 12.8. The van der Waals surface area contributed by atoms with Crippen molar-refractivity contribution in [1.82, 2.24) is 14.4 Å². The Bertz CT molecular complexity index is 1520. The topological polar surface area (TPSA) is 104 Å². The minimum absolute atomic E-state index is 0.0119. The minimum Gasteiger partial charge on any atom is -0.457 e. The zero-order valence-electron chi connectivity index (χ0n) is 14.4. The molecule has 142 valence electrons. The third kappa shape index (κ3) is 3.02. The third-order valence-corrected chi connectivity index (χ3v) is 5.71. The van der Waals surface area contributed by atoms with Crippen LogP contribution in [0.2, 0.25) is 0 Å². The maximum Gasteiger partial charge on any atom is 0.276 e. The maximum absolute atomic E-state index is 12.8. The standard InChI is InChI=1S/C19H9BrN4O4S/c20-11-7-14-17(21-9-11)23-18(25)16(29-19(23)22-14)8-13-5-6-15(28-13)10-1-3-12(4-2-10)24(26)27/h1-9H/b16-8-. The fourth-order valence-electron chi connectivity index (χ4n) is 2.98. The molecule has 0 N–H and O–H groups in total. The second kappa shape index (κ2) is 6.61. The van der Waals surface area contributed by atoms with Gasteiger partial charge in [-0.25, -0.2) is 14.4 Å². The van der Waals surface area contributed by atoms with Crippen molar-refractivity contribution in [3.63, 3.8) is 0 Å². The first-order chi connectivity index (χ1) is 14.0. The summed E-state index contributed by atoms with van der Waals surface area (Å²) < 4.78 is 8.55. The van der Waals surface area contributed by atoms with E-state index in [1.807, 2.05) is 6.07 Å². The van der Waals surface area contributed by atoms with Gasteiger partial charge in [0.2, 0.25) is 0 Å². The molecule has 0 bridgehead atoms. The molecule has 0 atom stereocenters. The molecule has 0 aliphatic carbocycles. The smallest absolute Gasteiger partial charge is 0.276 e. The number of non-ortho nitro benzene ring substituents is 1. The highest BCUT2D eigenvalue weighted by atomic mass is 79.9. The molecule has 0 saturated heterocycles. The predicted molar refractivity (Wildman–Crippen MR) is 112 cm³/mol. The lowest BCUT2D eigenvalue weighted by Gasteiger charge is -1.96. The van der Waals surface area contributed by atoms with Gasteiger partial charge in [-0.1, -0.05) is 11.3 Å². The van der Waals surface area contributed by atoms with Crippen LogP contribution in [-0.4, -0.2) is 19.3 Å². The van der Waals surface area contributed by atoms with E-state index in [2.05, 4.69) is 25.9 Å². The van der Waals surface area contributed by atoms with Crippen LogP contribution in [0.1, 0.15) is 5.76 Å². The summed E-state index contributed by atoms with van der Waals surface area (Å²) in [6.07, 6.45) is 3.28. The molecule has 4 heterocycles. The number of hydrogen-bond acceptors (Lipinski definition) is 7. The Labute approximate surface area is 174 Å². The summed E-state index contributed by atoms with van der Waals surface area (Å²) in [6.45, 7) is 0. The number of halogens is 1. The van der Waals surface area contributed by atoms with E-state index >= 15 is 0 Å². The minimum atomic E-state index is -0.453. The first-order valence-electron chi connectivity index (χ1n) is 8.32. The van der Waals surface area contributed by atoms with Crippen molar-refractivity contribution in [1.29, 1.82) is 0 Å². The Morgan fingerprint density at radius 2 is 2.00 bits per heavy atom. The Morgan fingerprint density at radius 3 is 2.76 bits per heavy atom. The number of aromatic nitrogens is 3. The van der Waals surface area contributed by atoms with Gasteiger partial charge in [0.1, 0.15) is 21.6 Å². The number of pyridine rings is 1. The number of hydrogen-bond donors (Lipinski definition) is 0. The number of rotatable bonds is 3. The molecule has 1 aromatic carbocycles. The molecule has 4 aromatic heterocycles. The van der Waals surface area contributed by atoms with Crippen LogP contribution in [0.3, 0.4) is 0 Å². The van der Waals surface area contributed by atoms with Crippen LogP contribution in [0.5, 0.6) is 0 Å². The van der Waals surface area contributed by atoms with Gasteiger partial charge in [0.25, 0.3) is 11.2 Å². The van der Waals surface area contributed by atoms with Crippen molar-refractivity contribution in [3.05, 3.63) is 83.9 Å². The second-order valence-corrected chi connectivity index (χ2v) is 8.07. The molecule has 29 heavy (non-hydrogen) atoms. The zero-order chi connectivity index (χ0) is 20.1. The van der Waals surface area contributed by atoms with E-state index in [9.17, 15) is 14.9 Å². The molecule has 0 amide bonds. The fraction of sp³-hybridized carbons (Fsp3) is 0. The number of nitro groups is 1. The Kier molecular flexibility index (Phi) is 4.03. The van der Waals surface area contributed by atoms with Crippen LogP contribution < -0.4 is 10.1 Å². The first kappa shape index (κ1) is 17.7. The van der Waals surface area contributed by atoms with Gasteiger partial charge in [0.05, 0.1) is 4.92 Å². The molecule has 0 spiro atoms. The highest BCUT2D eigenvalue weighted by molar-refractivity contribution is 9.10. The van der Waals surface area contributed by atoms with E-state index in [1.54, 1.807) is 36.5 Å². The monoisotopic (exact) mass is 468 g/mol. The average Bonchev–Trinajstić information content (AvgIpc) is 3.38. The van der Waals surface area contributed by atoms with Crippen molar-refractivity contribution in [2.75, 3.05) is 0 Å². The van der Waals surface area contributed by atoms with Crippen molar-refractivity contribution in [2.45, 2.75) is 0 Å². The largest absolute Gasteiger partial charge is 0.457 e. The summed E-state index contributed by atoms with van der Waals surface area (Å²) in [5.74, 6) is 1.05. The second-order valence-electron chi connectivity index (χ2n) is 6.15. The van der Waals surface area contributed by atoms with E-state index in [1.165, 1.54) is 27.9 Å². The van der Waals surface area contributed by atoms with E-state index in [0.29, 0.717) is 37.7 Å². The molecular formula is C19H9BrN4O4S. The van der Waals surface area contributed by atoms with Gasteiger partial charge in [-0.05, 0) is 46.3 Å². The van der Waals surface area contributed by atoms with Crippen molar-refractivity contribution in [3.8, 4) is 11.3 Å². The highest BCUT2D eigenvalue weighted by Crippen LogP contribution is 2.25. The van der Waals surface area contributed by atoms with Crippen LogP contribution >= 0.6 is 27.3 Å². The van der Waals surface area contributed by atoms with Crippen LogP contribution in [0.4, 0.5) is 5.69 Å². The van der Waals surface area contributed by atoms with E-state index in [0.717, 1.165) is 4.47 Å². The van der Waals surface area contributed by atoms with Gasteiger partial charge >= 0.3 is 0 Å². The third-order valence-electron chi connectivity index (χ3n) is 4.31. The van der Waals surface area contributed by atoms with Crippen LogP contribution in [-0.2, 0) is 0 Å². The summed E-state index contributed by atoms with van der Waals surface area (Å²) in [6, 6.07) is 11.4. The summed E-state index contributed by atoms with van der Waals surface area (Å²) >= 11 is 4.60. The summed E-state index contributed by atoms with van der Waals surface area (Å²) in [5, 5.41) is 10.8. The molecule has 0 fully saturated rings. The molecule has 0 radical (unpaired) electrons. The molecule has 0 saturated carbocycles. The lowest BCUT2D eigenvalue weighted by atomic mass is 10.1. The molecule has 5 rings (SSSR count). The highest BCUT2D eigenvalue weighted by Gasteiger charge is 2.13. The lowest BCUT2D eigenvalue weighted by molar-refractivity contribution is -0.384. The van der Waals surface area contributed by atoms with Crippen molar-refractivity contribution >= 4 is 55.2 Å². The summed E-state index contributed by atoms with van der Waals surface area (Å²) in [5.41, 5.74) is 1.66. The average molecular weight is 469 g/mol. The molecule has 8 nitrogen and oxygen atoms in total. The Balaban J connectivity index is 1.56. The molecule has 0 aliphatic heterocycles. The number of imidazole rings is 1. The fourth-order valence-corrected chi connectivity index (χ4v) is 4.25. The van der Waals surface area contributed by atoms with Crippen LogP contribution in [0.15, 0.2) is 62.3 Å². The molecule has 0 unspecified atom stereocenters. The summed E-state index contributed by atoms with van der Waals surface area (Å²) in [7, 11) is 0. The van der Waals surface area contributed by atoms with Crippen molar-refractivity contribution in [2.24, 2.45) is 0 Å². The molecule has 5 aromatic rings. The van der Waals surface area contributed by atoms with Gasteiger partial charge in [0, 0.05) is 34.4 Å². The SMILES string of the molecule is O=c1/c(=C/c2ccc(-c3ccc([N+](=O)[O-])cc3)o2)sc2nc3cc(Br)cnc3n12. The van der Waals surface area contributed by atoms with Gasteiger partial charge in [-0.3, -0.25) is 14.9 Å². The predicted octanol–water partition coefficient (Wildman–Crippen LogP) is 3.78. The Morgan fingerprint density at radius 1 is 1.21 bits per heavy atom. The zero-order valence-corrected chi connectivity index (χ0v) is 16.8. The Hall–Kier alpha value is -3.37. The van der Waals surface area contributed by atoms with Gasteiger partial charge < -0.3 is 4.42 Å². The molecule has 10 heteroatoms. The summed E-state index contributed by atoms with van der Waals surface area (Å²) in [4.78, 5) is 32.4. The van der Waals surface area contributed by atoms with Gasteiger partial charge in [-0.2, -0.15) is 0 Å². The number of furan rings is 1. The van der Waals surface area contributed by atoms with E-state index in [4.69, 9.17) is 4.42 Å². The number of nitrogens with zero attached hydrogens (tertiary/aromatic N) is 4. The normalized spacial score (nSPS) is 12.2. The van der Waals surface area contributed by atoms with Crippen molar-refractivity contribution < 1.29 is 9.34 Å². The number of fused-ring (bicyclic) bond motifs is 3. The molecule has 0 aliphatic rings. The van der Waals surface area contributed by atoms with Crippen LogP contribution in [0, 0.1) is 10.1 Å². The quantitative estimate of drug-likeness (QED) is 0.294. The number of benzene rings is 1. The van der Waals surface area contributed by atoms with E-state index < -0.39 is 4.92 Å². The lowest BCUT2D eigenvalue weighted by Crippen LogP contribution is -2.22. The van der Waals surface area contributed by atoms with E-state index in [-0.39, 0.29) is 11.2 Å². The van der Waals surface area contributed by atoms with Crippen LogP contribution in [0.25, 0.3) is 33.5 Å². The molecular weight excluding hydrogens is 460 g/mol.